The lowest BCUT2D eigenvalue weighted by Gasteiger charge is -2.19. The Bertz CT molecular complexity index is 806. The third-order valence-corrected chi connectivity index (χ3v) is 3.86. The summed E-state index contributed by atoms with van der Waals surface area (Å²) in [6.45, 7) is 0.787. The molecule has 3 rings (SSSR count). The number of likely N-dealkylation sites (N-methyl/N-ethyl adjacent to an activating group) is 1. The predicted octanol–water partition coefficient (Wildman–Crippen LogP) is 2.41. The summed E-state index contributed by atoms with van der Waals surface area (Å²) >= 11 is 0. The normalized spacial score (nSPS) is 12.4. The molecule has 0 spiro atoms. The van der Waals surface area contributed by atoms with E-state index in [1.165, 1.54) is 23.1 Å². The second-order valence-electron chi connectivity index (χ2n) is 5.81. The van der Waals surface area contributed by atoms with E-state index >= 15 is 0 Å². The lowest BCUT2D eigenvalue weighted by atomic mass is 10.2. The molecular weight excluding hydrogens is 341 g/mol. The van der Waals surface area contributed by atoms with Crippen molar-refractivity contribution in [1.82, 2.24) is 4.90 Å². The number of benzene rings is 2. The summed E-state index contributed by atoms with van der Waals surface area (Å²) in [5, 5.41) is 0. The van der Waals surface area contributed by atoms with Gasteiger partial charge in [0.15, 0.2) is 18.1 Å². The van der Waals surface area contributed by atoms with E-state index in [-0.39, 0.29) is 23.9 Å². The van der Waals surface area contributed by atoms with Crippen molar-refractivity contribution in [3.63, 3.8) is 0 Å². The Hall–Kier alpha value is -3.09. The minimum Gasteiger partial charge on any atom is -0.486 e. The van der Waals surface area contributed by atoms with Gasteiger partial charge in [0.1, 0.15) is 19.0 Å². The van der Waals surface area contributed by atoms with E-state index in [1.807, 2.05) is 0 Å². The van der Waals surface area contributed by atoms with Gasteiger partial charge in [-0.15, -0.1) is 0 Å². The maximum atomic E-state index is 12.9. The Labute approximate surface area is 150 Å². The monoisotopic (exact) mass is 359 g/mol. The molecule has 1 aliphatic rings. The molecule has 0 aliphatic carbocycles. The fourth-order valence-corrected chi connectivity index (χ4v) is 2.44. The molecule has 0 aromatic heterocycles. The molecule has 0 radical (unpaired) electrons. The van der Waals surface area contributed by atoms with Crippen molar-refractivity contribution in [2.45, 2.75) is 6.54 Å². The molecule has 0 N–H and O–H groups in total. The molecule has 2 aromatic carbocycles. The number of esters is 1. The zero-order valence-corrected chi connectivity index (χ0v) is 14.2. The highest BCUT2D eigenvalue weighted by Crippen LogP contribution is 2.30. The molecule has 2 aromatic rings. The van der Waals surface area contributed by atoms with E-state index in [2.05, 4.69) is 0 Å². The first-order valence-electron chi connectivity index (χ1n) is 8.08. The molecule has 0 unspecified atom stereocenters. The largest absolute Gasteiger partial charge is 0.486 e. The summed E-state index contributed by atoms with van der Waals surface area (Å²) < 4.78 is 28.8. The van der Waals surface area contributed by atoms with Crippen LogP contribution in [0.25, 0.3) is 0 Å². The van der Waals surface area contributed by atoms with Crippen LogP contribution in [-0.4, -0.2) is 43.6 Å². The summed E-state index contributed by atoms with van der Waals surface area (Å²) in [7, 11) is 1.59. The number of rotatable bonds is 5. The summed E-state index contributed by atoms with van der Waals surface area (Å²) in [6, 6.07) is 10.6. The molecule has 6 nitrogen and oxygen atoms in total. The van der Waals surface area contributed by atoms with Gasteiger partial charge in [-0.3, -0.25) is 4.79 Å². The van der Waals surface area contributed by atoms with Crippen molar-refractivity contribution in [2.75, 3.05) is 26.9 Å². The van der Waals surface area contributed by atoms with Crippen molar-refractivity contribution < 1.29 is 28.2 Å². The van der Waals surface area contributed by atoms with E-state index < -0.39 is 5.97 Å². The highest BCUT2D eigenvalue weighted by atomic mass is 19.1. The molecule has 0 saturated carbocycles. The Morgan fingerprint density at radius 3 is 2.50 bits per heavy atom. The fraction of sp³-hybridized carbons (Fsp3) is 0.263. The van der Waals surface area contributed by atoms with Crippen LogP contribution in [0.1, 0.15) is 15.9 Å². The Morgan fingerprint density at radius 2 is 1.77 bits per heavy atom. The molecule has 7 heteroatoms. The van der Waals surface area contributed by atoms with Crippen LogP contribution in [0.3, 0.4) is 0 Å². The number of amides is 1. The van der Waals surface area contributed by atoms with Crippen LogP contribution < -0.4 is 9.47 Å². The lowest BCUT2D eigenvalue weighted by molar-refractivity contribution is -0.133. The third kappa shape index (κ3) is 4.30. The predicted molar refractivity (Wildman–Crippen MR) is 90.6 cm³/mol. The first kappa shape index (κ1) is 17.7. The van der Waals surface area contributed by atoms with Gasteiger partial charge in [0.25, 0.3) is 5.91 Å². The zero-order valence-electron chi connectivity index (χ0n) is 14.2. The van der Waals surface area contributed by atoms with E-state index in [0.717, 1.165) is 5.56 Å². The summed E-state index contributed by atoms with van der Waals surface area (Å²) in [5.74, 6) is -0.268. The van der Waals surface area contributed by atoms with Gasteiger partial charge in [-0.1, -0.05) is 12.1 Å². The number of carbonyl (C=O) groups is 2. The average molecular weight is 359 g/mol. The molecule has 1 heterocycles. The highest BCUT2D eigenvalue weighted by molar-refractivity contribution is 5.92. The second kappa shape index (κ2) is 7.86. The number of ether oxygens (including phenoxy) is 3. The Kier molecular flexibility index (Phi) is 5.36. The molecule has 0 atom stereocenters. The number of hydrogen-bond donors (Lipinski definition) is 0. The maximum Gasteiger partial charge on any atom is 0.338 e. The number of hydrogen-bond acceptors (Lipinski definition) is 5. The number of carbonyl (C=O) groups excluding carboxylic acids is 2. The first-order chi connectivity index (χ1) is 12.5. The van der Waals surface area contributed by atoms with Gasteiger partial charge in [0.05, 0.1) is 5.56 Å². The van der Waals surface area contributed by atoms with E-state index in [9.17, 15) is 14.0 Å². The molecule has 136 valence electrons. The van der Waals surface area contributed by atoms with Gasteiger partial charge in [-0.05, 0) is 35.9 Å². The molecule has 1 amide bonds. The smallest absolute Gasteiger partial charge is 0.338 e. The van der Waals surface area contributed by atoms with Crippen LogP contribution in [0.5, 0.6) is 11.5 Å². The van der Waals surface area contributed by atoms with Gasteiger partial charge in [-0.25, -0.2) is 9.18 Å². The molecule has 0 fully saturated rings. The first-order valence-corrected chi connectivity index (χ1v) is 8.08. The van der Waals surface area contributed by atoms with Crippen molar-refractivity contribution in [2.24, 2.45) is 0 Å². The molecule has 26 heavy (non-hydrogen) atoms. The van der Waals surface area contributed by atoms with E-state index in [0.29, 0.717) is 31.3 Å². The van der Waals surface area contributed by atoms with Crippen LogP contribution in [0.15, 0.2) is 42.5 Å². The van der Waals surface area contributed by atoms with Crippen molar-refractivity contribution in [3.05, 3.63) is 59.4 Å². The van der Waals surface area contributed by atoms with E-state index in [1.54, 1.807) is 31.3 Å². The lowest BCUT2D eigenvalue weighted by Crippen LogP contribution is -2.30. The van der Waals surface area contributed by atoms with Crippen molar-refractivity contribution in [1.29, 1.82) is 0 Å². The van der Waals surface area contributed by atoms with E-state index in [4.69, 9.17) is 14.2 Å². The highest BCUT2D eigenvalue weighted by Gasteiger charge is 2.17. The summed E-state index contributed by atoms with van der Waals surface area (Å²) in [6.07, 6.45) is 0. The van der Waals surface area contributed by atoms with Crippen molar-refractivity contribution in [3.8, 4) is 11.5 Å². The molecule has 0 bridgehead atoms. The topological polar surface area (TPSA) is 65.1 Å². The SMILES string of the molecule is CN(Cc1ccc(F)cc1)C(=O)COC(=O)c1ccc2c(c1)OCCO2. The standard InChI is InChI=1S/C19H18FNO5/c1-21(11-13-2-5-15(20)6-3-13)18(22)12-26-19(23)14-4-7-16-17(10-14)25-9-8-24-16/h2-7,10H,8-9,11-12H2,1H3. The van der Waals surface area contributed by atoms with Crippen LogP contribution in [-0.2, 0) is 16.1 Å². The molecular formula is C19H18FNO5. The van der Waals surface area contributed by atoms with Gasteiger partial charge < -0.3 is 19.1 Å². The Balaban J connectivity index is 1.53. The third-order valence-electron chi connectivity index (χ3n) is 3.86. The van der Waals surface area contributed by atoms with Gasteiger partial charge in [0, 0.05) is 13.6 Å². The molecule has 0 saturated heterocycles. The maximum absolute atomic E-state index is 12.9. The number of fused-ring (bicyclic) bond motifs is 1. The molecule has 1 aliphatic heterocycles. The van der Waals surface area contributed by atoms with Crippen LogP contribution in [0.2, 0.25) is 0 Å². The van der Waals surface area contributed by atoms with Gasteiger partial charge in [0.2, 0.25) is 0 Å². The minimum atomic E-state index is -0.620. The summed E-state index contributed by atoms with van der Waals surface area (Å²) in [4.78, 5) is 25.6. The summed E-state index contributed by atoms with van der Waals surface area (Å²) in [5.41, 5.74) is 1.06. The van der Waals surface area contributed by atoms with Gasteiger partial charge in [-0.2, -0.15) is 0 Å². The quantitative estimate of drug-likeness (QED) is 0.767. The second-order valence-corrected chi connectivity index (χ2v) is 5.81. The van der Waals surface area contributed by atoms with Gasteiger partial charge >= 0.3 is 5.97 Å². The Morgan fingerprint density at radius 1 is 1.08 bits per heavy atom. The number of halogens is 1. The fourth-order valence-electron chi connectivity index (χ4n) is 2.44. The zero-order chi connectivity index (χ0) is 18.5. The van der Waals surface area contributed by atoms with Crippen LogP contribution >= 0.6 is 0 Å². The number of nitrogens with zero attached hydrogens (tertiary/aromatic N) is 1. The van der Waals surface area contributed by atoms with Crippen molar-refractivity contribution >= 4 is 11.9 Å². The van der Waals surface area contributed by atoms with Crippen LogP contribution in [0.4, 0.5) is 4.39 Å². The van der Waals surface area contributed by atoms with Crippen LogP contribution in [0, 0.1) is 5.82 Å². The minimum absolute atomic E-state index is 0.281. The average Bonchev–Trinajstić information content (AvgIpc) is 2.67.